The zero-order valence-corrected chi connectivity index (χ0v) is 43.9. The molecule has 41 nitrogen and oxygen atoms in total. The van der Waals surface area contributed by atoms with Crippen LogP contribution in [0.3, 0.4) is 0 Å². The number of nitrogens with two attached hydrogens (primary N) is 4. The van der Waals surface area contributed by atoms with Crippen LogP contribution < -0.4 is 39.9 Å². The van der Waals surface area contributed by atoms with E-state index >= 15 is 0 Å². The zero-order valence-electron chi connectivity index (χ0n) is 41.2. The number of hydrogen-bond acceptors (Lipinski definition) is 33. The Hall–Kier alpha value is -6.21. The smallest absolute Gasteiger partial charge is 0.394 e. The molecular formula is C38H49N16O25P3. The van der Waals surface area contributed by atoms with Crippen LogP contribution in [0.4, 0.5) is 23.4 Å². The fraction of sp³-hybridized carbons (Fsp3) is 0.526. The van der Waals surface area contributed by atoms with Gasteiger partial charge in [0.25, 0.3) is 5.56 Å². The molecule has 18 N–H and O–H groups in total. The molecule has 10 heterocycles. The van der Waals surface area contributed by atoms with Crippen molar-refractivity contribution >= 4 is 69.2 Å². The van der Waals surface area contributed by atoms with Crippen molar-refractivity contribution in [3.05, 3.63) is 74.8 Å². The van der Waals surface area contributed by atoms with Crippen LogP contribution in [0.2, 0.25) is 0 Å². The number of nitrogens with zero attached hydrogens (tertiary/aromatic N) is 11. The number of aliphatic hydroxyl groups is 6. The lowest BCUT2D eigenvalue weighted by atomic mass is 10.1. The zero-order chi connectivity index (χ0) is 58.9. The maximum Gasteiger partial charge on any atom is 0.472 e. The maximum absolute atomic E-state index is 14.0. The Morgan fingerprint density at radius 2 is 0.963 bits per heavy atom. The Morgan fingerprint density at radius 3 is 1.46 bits per heavy atom. The van der Waals surface area contributed by atoms with Gasteiger partial charge in [-0.2, -0.15) is 15.0 Å². The highest BCUT2D eigenvalue weighted by Crippen LogP contribution is 2.54. The first kappa shape index (κ1) is 59.0. The molecule has 0 aromatic carbocycles. The van der Waals surface area contributed by atoms with Gasteiger partial charge in [-0.25, -0.2) is 43.2 Å². The first-order chi connectivity index (χ1) is 38.7. The molecule has 4 fully saturated rings. The molecule has 0 radical (unpaired) electrons. The number of fused-ring (bicyclic) bond motifs is 2. The summed E-state index contributed by atoms with van der Waals surface area (Å²) in [5.41, 5.74) is 19.3. The van der Waals surface area contributed by atoms with Gasteiger partial charge in [0.1, 0.15) is 96.7 Å². The Balaban J connectivity index is 0.861. The number of aromatic nitrogens is 12. The van der Waals surface area contributed by atoms with Gasteiger partial charge in [-0.15, -0.1) is 0 Å². The van der Waals surface area contributed by atoms with Crippen molar-refractivity contribution in [1.29, 1.82) is 0 Å². The average Bonchev–Trinajstić information content (AvgIpc) is 4.46. The number of rotatable bonds is 20. The molecule has 0 bridgehead atoms. The summed E-state index contributed by atoms with van der Waals surface area (Å²) in [6.07, 6.45) is -24.6. The molecule has 0 aliphatic carbocycles. The Kier molecular flexibility index (Phi) is 16.4. The third kappa shape index (κ3) is 11.7. The molecular weight excluding hydrogens is 1170 g/mol. The number of anilines is 4. The Labute approximate surface area is 453 Å². The van der Waals surface area contributed by atoms with Crippen molar-refractivity contribution in [2.45, 2.75) is 98.2 Å². The second-order valence-electron chi connectivity index (χ2n) is 18.3. The second-order valence-corrected chi connectivity index (χ2v) is 22.6. The molecule has 0 spiro atoms. The molecule has 0 amide bonds. The van der Waals surface area contributed by atoms with E-state index in [4.69, 9.17) is 69.0 Å². The lowest BCUT2D eigenvalue weighted by molar-refractivity contribution is -0.0644. The highest BCUT2D eigenvalue weighted by atomic mass is 31.2. The van der Waals surface area contributed by atoms with E-state index in [0.717, 1.165) is 40.2 Å². The molecule has 10 rings (SSSR count). The minimum atomic E-state index is -5.74. The summed E-state index contributed by atoms with van der Waals surface area (Å²) < 4.78 is 99.0. The topological polar surface area (TPSA) is 607 Å². The van der Waals surface area contributed by atoms with E-state index in [9.17, 15) is 73.4 Å². The first-order valence-corrected chi connectivity index (χ1v) is 28.2. The van der Waals surface area contributed by atoms with Crippen LogP contribution in [0.5, 0.6) is 0 Å². The molecule has 4 aliphatic heterocycles. The highest BCUT2D eigenvalue weighted by molar-refractivity contribution is 7.48. The molecule has 446 valence electrons. The van der Waals surface area contributed by atoms with Gasteiger partial charge in [0.15, 0.2) is 47.5 Å². The van der Waals surface area contributed by atoms with Crippen LogP contribution in [0, 0.1) is 0 Å². The first-order valence-electron chi connectivity index (χ1n) is 23.7. The van der Waals surface area contributed by atoms with E-state index in [1.165, 1.54) is 17.0 Å². The summed E-state index contributed by atoms with van der Waals surface area (Å²) in [5.74, 6) is -0.926. The lowest BCUT2D eigenvalue weighted by Crippen LogP contribution is -2.39. The SMILES string of the molecule is Nc1ccn([C@@H]2O[C@H](CO)[C@@H](OP(=O)(O)OC[C@H]3O[C@@H](n4ccc(N)nc4=O)[C@H](O)[C@@H]3OP(=O)(O)OC[C@H]3O[C@@H](n4cnc5c(=O)[nH]c(N)nc54)[C@H](O)[C@@H]3OP(=O)(O)OC[C@H]3O[C@@H](n4cnc5c(N)ncnc54)[C@H](O)[C@@H]3O)[C@H]2O)c(=O)n1. The number of ether oxygens (including phenoxy) is 4. The van der Waals surface area contributed by atoms with E-state index in [-0.39, 0.29) is 39.8 Å². The van der Waals surface area contributed by atoms with Crippen molar-refractivity contribution < 1.29 is 105 Å². The summed E-state index contributed by atoms with van der Waals surface area (Å²) >= 11 is 0. The van der Waals surface area contributed by atoms with Gasteiger partial charge < -0.3 is 87.2 Å². The number of phosphoric ester groups is 3. The number of nitrogens with one attached hydrogen (secondary N) is 1. The quantitative estimate of drug-likeness (QED) is 0.0316. The van der Waals surface area contributed by atoms with Gasteiger partial charge in [-0.1, -0.05) is 0 Å². The molecule has 19 atom stereocenters. The third-order valence-corrected chi connectivity index (χ3v) is 16.0. The van der Waals surface area contributed by atoms with Crippen molar-refractivity contribution in [2.75, 3.05) is 49.4 Å². The minimum absolute atomic E-state index is 0.0184. The van der Waals surface area contributed by atoms with Crippen LogP contribution in [-0.4, -0.2) is 203 Å². The predicted molar refractivity (Wildman–Crippen MR) is 263 cm³/mol. The van der Waals surface area contributed by atoms with E-state index in [2.05, 4.69) is 39.9 Å². The van der Waals surface area contributed by atoms with E-state index < -0.39 is 171 Å². The van der Waals surface area contributed by atoms with Crippen molar-refractivity contribution in [3.8, 4) is 0 Å². The van der Waals surface area contributed by atoms with Crippen LogP contribution in [0.1, 0.15) is 24.9 Å². The molecule has 4 aliphatic rings. The summed E-state index contributed by atoms with van der Waals surface area (Å²) in [5, 5.41) is 66.1. The predicted octanol–water partition coefficient (Wildman–Crippen LogP) is -6.30. The van der Waals surface area contributed by atoms with E-state index in [1.54, 1.807) is 0 Å². The number of aromatic amines is 1. The summed E-state index contributed by atoms with van der Waals surface area (Å²) in [6, 6.07) is 2.26. The Morgan fingerprint density at radius 1 is 0.537 bits per heavy atom. The summed E-state index contributed by atoms with van der Waals surface area (Å²) in [6.45, 7) is -4.42. The van der Waals surface area contributed by atoms with Gasteiger partial charge in [0.05, 0.1) is 39.1 Å². The number of hydrogen-bond donors (Lipinski definition) is 14. The normalized spacial score (nSPS) is 32.5. The van der Waals surface area contributed by atoms with Crippen LogP contribution >= 0.6 is 23.5 Å². The van der Waals surface area contributed by atoms with Gasteiger partial charge in [-0.05, 0) is 12.1 Å². The highest BCUT2D eigenvalue weighted by Gasteiger charge is 2.55. The van der Waals surface area contributed by atoms with Gasteiger partial charge in [0, 0.05) is 12.4 Å². The third-order valence-electron chi connectivity index (χ3n) is 13.1. The van der Waals surface area contributed by atoms with Gasteiger partial charge in [-0.3, -0.25) is 55.2 Å². The lowest BCUT2D eigenvalue weighted by Gasteiger charge is -2.26. The standard InChI is InChI=1S/C38H49N16O25P3/c39-16-1-3-51(37(62)47-16)33-22(58)25(12(5-55)73-33)77-81(66,67)71-7-14-26(23(59)34(75-14)52-4-2-17(40)48-38(52)63)78-82(68,69)72-8-15-27(24(60)35(76-15)54-11-46-19-30(54)49-36(42)50-31(19)61)79-80(64,65)70-6-13-20(56)21(57)32(74-13)53-10-45-18-28(41)43-9-44-29(18)53/h1-4,9-15,20-27,32-35,55-60H,5-8H2,(H,64,65)(H,66,67)(H,68,69)(H2,39,47,62)(H2,40,48,63)(H2,41,43,44)(H3,42,49,50,61)/t12-,13-,14-,15-,20-,21-,22-,23-,24-,25-,26-,27-,32-,33-,34-,35-/m1/s1. The fourth-order valence-corrected chi connectivity index (χ4v) is 12.1. The molecule has 44 heteroatoms. The minimum Gasteiger partial charge on any atom is -0.394 e. The van der Waals surface area contributed by atoms with E-state index in [0.29, 0.717) is 4.57 Å². The monoisotopic (exact) mass is 1220 g/mol. The number of H-pyrrole nitrogens is 1. The second kappa shape index (κ2) is 22.8. The van der Waals surface area contributed by atoms with Gasteiger partial charge >= 0.3 is 34.8 Å². The number of aliphatic hydroxyl groups excluding tert-OH is 6. The summed E-state index contributed by atoms with van der Waals surface area (Å²) in [7, 11) is -16.8. The average molecular weight is 1220 g/mol. The number of phosphoric acid groups is 3. The molecule has 3 unspecified atom stereocenters. The Bertz CT molecular complexity index is 3690. The number of nitrogen functional groups attached to an aromatic ring is 4. The van der Waals surface area contributed by atoms with Crippen molar-refractivity contribution in [3.63, 3.8) is 0 Å². The van der Waals surface area contributed by atoms with Gasteiger partial charge in [0.2, 0.25) is 5.95 Å². The van der Waals surface area contributed by atoms with Crippen LogP contribution in [0.15, 0.2) is 57.9 Å². The summed E-state index contributed by atoms with van der Waals surface area (Å²) in [4.78, 5) is 101. The molecule has 0 saturated carbocycles. The number of imidazole rings is 2. The molecule has 82 heavy (non-hydrogen) atoms. The largest absolute Gasteiger partial charge is 0.472 e. The van der Waals surface area contributed by atoms with E-state index in [1.807, 2.05) is 0 Å². The van der Waals surface area contributed by atoms with Crippen molar-refractivity contribution in [1.82, 2.24) is 58.1 Å². The molecule has 4 saturated heterocycles. The van der Waals surface area contributed by atoms with Crippen LogP contribution in [0.25, 0.3) is 22.3 Å². The fourth-order valence-electron chi connectivity index (χ4n) is 9.23. The van der Waals surface area contributed by atoms with Crippen LogP contribution in [-0.2, 0) is 59.8 Å². The maximum atomic E-state index is 14.0. The molecule has 6 aromatic heterocycles. The van der Waals surface area contributed by atoms with Crippen molar-refractivity contribution in [2.24, 2.45) is 0 Å². The molecule has 6 aromatic rings.